The zero-order valence-corrected chi connectivity index (χ0v) is 16.6. The largest absolute Gasteiger partial charge is 0.491 e. The Morgan fingerprint density at radius 2 is 1.81 bits per heavy atom. The zero-order chi connectivity index (χ0) is 19.4. The van der Waals surface area contributed by atoms with Crippen molar-refractivity contribution in [2.75, 3.05) is 5.32 Å². The van der Waals surface area contributed by atoms with Crippen LogP contribution in [0.1, 0.15) is 45.0 Å². The Balaban J connectivity index is 2.05. The van der Waals surface area contributed by atoms with Gasteiger partial charge >= 0.3 is 0 Å². The van der Waals surface area contributed by atoms with E-state index in [2.05, 4.69) is 10.6 Å². The van der Waals surface area contributed by atoms with Gasteiger partial charge in [0, 0.05) is 10.4 Å². The van der Waals surface area contributed by atoms with E-state index in [1.54, 1.807) is 24.3 Å². The molecule has 0 radical (unpaired) electrons. The summed E-state index contributed by atoms with van der Waals surface area (Å²) in [7, 11) is 0. The third kappa shape index (κ3) is 4.80. The van der Waals surface area contributed by atoms with Crippen LogP contribution in [0.15, 0.2) is 24.3 Å². The van der Waals surface area contributed by atoms with Crippen molar-refractivity contribution < 1.29 is 14.3 Å². The summed E-state index contributed by atoms with van der Waals surface area (Å²) in [5, 5.41) is 6.10. The Morgan fingerprint density at radius 3 is 2.35 bits per heavy atom. The molecule has 6 nitrogen and oxygen atoms in total. The summed E-state index contributed by atoms with van der Waals surface area (Å²) in [6.07, 6.45) is 0.0589. The Hall–Kier alpha value is -2.45. The highest BCUT2D eigenvalue weighted by molar-refractivity contribution is 7.80. The molecule has 1 heterocycles. The molecule has 26 heavy (non-hydrogen) atoms. The number of hydrogen-bond acceptors (Lipinski definition) is 5. The van der Waals surface area contributed by atoms with Crippen LogP contribution in [0.3, 0.4) is 0 Å². The number of hydrogen-bond donors (Lipinski definition) is 3. The van der Waals surface area contributed by atoms with Crippen LogP contribution < -0.4 is 21.1 Å². The average Bonchev–Trinajstić information content (AvgIpc) is 2.81. The molecule has 0 aliphatic carbocycles. The number of rotatable bonds is 5. The van der Waals surface area contributed by atoms with Gasteiger partial charge in [0.15, 0.2) is 5.11 Å². The molecule has 4 N–H and O–H groups in total. The van der Waals surface area contributed by atoms with Crippen LogP contribution in [0.4, 0.5) is 5.00 Å². The van der Waals surface area contributed by atoms with E-state index in [-0.39, 0.29) is 17.1 Å². The number of nitrogens with one attached hydrogen (secondary N) is 2. The summed E-state index contributed by atoms with van der Waals surface area (Å²) in [5.74, 6) is -0.207. The van der Waals surface area contributed by atoms with Crippen molar-refractivity contribution in [3.8, 4) is 5.75 Å². The fraction of sp³-hybridized carbons (Fsp3) is 0.278. The highest BCUT2D eigenvalue weighted by atomic mass is 32.1. The third-order valence-electron chi connectivity index (χ3n) is 3.57. The number of benzene rings is 1. The topological polar surface area (TPSA) is 93.4 Å². The van der Waals surface area contributed by atoms with Crippen molar-refractivity contribution in [1.82, 2.24) is 5.32 Å². The second-order valence-corrected chi connectivity index (χ2v) is 7.58. The number of thiophene rings is 1. The number of nitrogens with two attached hydrogens (primary N) is 1. The molecule has 0 atom stereocenters. The fourth-order valence-electron chi connectivity index (χ4n) is 2.28. The summed E-state index contributed by atoms with van der Waals surface area (Å²) in [6, 6.07) is 6.76. The number of carbonyl (C=O) groups excluding carboxylic acids is 2. The third-order valence-corrected chi connectivity index (χ3v) is 4.90. The van der Waals surface area contributed by atoms with Gasteiger partial charge in [0.25, 0.3) is 11.8 Å². The molecule has 0 unspecified atom stereocenters. The molecular formula is C18H21N3O3S2. The number of carbonyl (C=O) groups is 2. The lowest BCUT2D eigenvalue weighted by Gasteiger charge is -2.11. The normalized spacial score (nSPS) is 10.5. The van der Waals surface area contributed by atoms with Crippen LogP contribution in [-0.2, 0) is 0 Å². The summed E-state index contributed by atoms with van der Waals surface area (Å²) in [5.41, 5.74) is 7.07. The van der Waals surface area contributed by atoms with Gasteiger partial charge in [-0.3, -0.25) is 14.9 Å². The van der Waals surface area contributed by atoms with Crippen molar-refractivity contribution >= 4 is 45.5 Å². The molecular weight excluding hydrogens is 370 g/mol. The van der Waals surface area contributed by atoms with Crippen molar-refractivity contribution in [2.45, 2.75) is 33.8 Å². The van der Waals surface area contributed by atoms with Gasteiger partial charge in [0.2, 0.25) is 0 Å². The van der Waals surface area contributed by atoms with Crippen LogP contribution in [0.5, 0.6) is 5.75 Å². The highest BCUT2D eigenvalue weighted by Crippen LogP contribution is 2.31. The van der Waals surface area contributed by atoms with E-state index in [4.69, 9.17) is 22.7 Å². The number of ether oxygens (including phenoxy) is 1. The smallest absolute Gasteiger partial charge is 0.257 e. The standard InChI is InChI=1S/C18H21N3O3S2/c1-9(2)24-13-7-5-12(6-8-13)16(23)20-18(25)21-17-14(15(19)22)10(3)11(4)26-17/h5-9H,1-4H3,(H2,19,22)(H2,20,21,23,25). The maximum absolute atomic E-state index is 12.3. The molecule has 0 fully saturated rings. The van der Waals surface area contributed by atoms with E-state index in [9.17, 15) is 9.59 Å². The first-order chi connectivity index (χ1) is 12.2. The fourth-order valence-corrected chi connectivity index (χ4v) is 3.61. The molecule has 8 heteroatoms. The van der Waals surface area contributed by atoms with Gasteiger partial charge in [-0.05, 0) is 69.7 Å². The minimum atomic E-state index is -0.538. The number of anilines is 1. The molecule has 0 saturated heterocycles. The molecule has 138 valence electrons. The van der Waals surface area contributed by atoms with Crippen LogP contribution in [0.2, 0.25) is 0 Å². The minimum absolute atomic E-state index is 0.0589. The summed E-state index contributed by atoms with van der Waals surface area (Å²) in [4.78, 5) is 24.9. The summed E-state index contributed by atoms with van der Waals surface area (Å²) < 4.78 is 5.55. The Labute approximate surface area is 161 Å². The molecule has 2 amide bonds. The molecule has 0 spiro atoms. The average molecular weight is 392 g/mol. The van der Waals surface area contributed by atoms with Crippen molar-refractivity contribution in [3.63, 3.8) is 0 Å². The predicted molar refractivity (Wildman–Crippen MR) is 108 cm³/mol. The first-order valence-corrected chi connectivity index (χ1v) is 9.20. The van der Waals surface area contributed by atoms with E-state index in [1.807, 2.05) is 27.7 Å². The number of aryl methyl sites for hydroxylation is 1. The molecule has 0 bridgehead atoms. The van der Waals surface area contributed by atoms with E-state index >= 15 is 0 Å². The van der Waals surface area contributed by atoms with E-state index < -0.39 is 5.91 Å². The number of primary amides is 1. The van der Waals surface area contributed by atoms with Crippen LogP contribution >= 0.6 is 23.6 Å². The van der Waals surface area contributed by atoms with E-state index in [0.29, 0.717) is 21.9 Å². The van der Waals surface area contributed by atoms with Crippen molar-refractivity contribution in [1.29, 1.82) is 0 Å². The second-order valence-electron chi connectivity index (χ2n) is 5.95. The van der Waals surface area contributed by atoms with Gasteiger partial charge < -0.3 is 15.8 Å². The molecule has 2 aromatic rings. The lowest BCUT2D eigenvalue weighted by Crippen LogP contribution is -2.34. The molecule has 1 aromatic carbocycles. The number of thiocarbonyl (C=S) groups is 1. The highest BCUT2D eigenvalue weighted by Gasteiger charge is 2.18. The Kier molecular flexibility index (Phi) is 6.33. The van der Waals surface area contributed by atoms with Gasteiger partial charge in [-0.1, -0.05) is 0 Å². The van der Waals surface area contributed by atoms with Crippen LogP contribution in [-0.4, -0.2) is 23.0 Å². The quantitative estimate of drug-likeness (QED) is 0.680. The maximum atomic E-state index is 12.3. The first kappa shape index (κ1) is 19.9. The first-order valence-electron chi connectivity index (χ1n) is 7.98. The molecule has 0 aliphatic rings. The SMILES string of the molecule is Cc1sc(NC(=S)NC(=O)c2ccc(OC(C)C)cc2)c(C(N)=O)c1C. The molecule has 1 aromatic heterocycles. The zero-order valence-electron chi connectivity index (χ0n) is 15.0. The van der Waals surface area contributed by atoms with Gasteiger partial charge in [-0.25, -0.2) is 0 Å². The predicted octanol–water partition coefficient (Wildman–Crippen LogP) is 3.38. The van der Waals surface area contributed by atoms with E-state index in [1.165, 1.54) is 11.3 Å². The van der Waals surface area contributed by atoms with Crippen molar-refractivity contribution in [2.24, 2.45) is 5.73 Å². The van der Waals surface area contributed by atoms with Crippen LogP contribution in [0.25, 0.3) is 0 Å². The summed E-state index contributed by atoms with van der Waals surface area (Å²) >= 11 is 6.54. The maximum Gasteiger partial charge on any atom is 0.257 e. The molecule has 2 rings (SSSR count). The lowest BCUT2D eigenvalue weighted by atomic mass is 10.1. The Bertz CT molecular complexity index is 842. The minimum Gasteiger partial charge on any atom is -0.491 e. The van der Waals surface area contributed by atoms with Gasteiger partial charge in [-0.2, -0.15) is 0 Å². The molecule has 0 aliphatic heterocycles. The van der Waals surface area contributed by atoms with Gasteiger partial charge in [0.05, 0.1) is 11.7 Å². The lowest BCUT2D eigenvalue weighted by molar-refractivity contribution is 0.0975. The van der Waals surface area contributed by atoms with Gasteiger partial charge in [0.1, 0.15) is 10.8 Å². The number of amides is 2. The summed E-state index contributed by atoms with van der Waals surface area (Å²) in [6.45, 7) is 7.57. The second kappa shape index (κ2) is 8.29. The Morgan fingerprint density at radius 1 is 1.19 bits per heavy atom. The van der Waals surface area contributed by atoms with Gasteiger partial charge in [-0.15, -0.1) is 11.3 Å². The van der Waals surface area contributed by atoms with Crippen LogP contribution in [0, 0.1) is 13.8 Å². The molecule has 0 saturated carbocycles. The monoisotopic (exact) mass is 391 g/mol. The van der Waals surface area contributed by atoms with E-state index in [0.717, 1.165) is 10.4 Å². The van der Waals surface area contributed by atoms with Crippen molar-refractivity contribution in [3.05, 3.63) is 45.8 Å².